The van der Waals surface area contributed by atoms with Crippen LogP contribution in [0.1, 0.15) is 32.6 Å². The Morgan fingerprint density at radius 3 is 2.73 bits per heavy atom. The highest BCUT2D eigenvalue weighted by molar-refractivity contribution is 5.75. The molecule has 88 valence electrons. The van der Waals surface area contributed by atoms with E-state index in [4.69, 9.17) is 0 Å². The Balaban J connectivity index is 2.05. The minimum Gasteiger partial charge on any atom is -0.387 e. The molecule has 4 nitrogen and oxygen atoms in total. The Labute approximate surface area is 91.6 Å². The molecule has 0 aromatic carbocycles. The Morgan fingerprint density at radius 1 is 1.53 bits per heavy atom. The first-order valence-electron chi connectivity index (χ1n) is 5.75. The van der Waals surface area contributed by atoms with E-state index in [1.165, 1.54) is 0 Å². The van der Waals surface area contributed by atoms with Crippen LogP contribution in [0.4, 0.5) is 0 Å². The van der Waals surface area contributed by atoms with Gasteiger partial charge in [0.05, 0.1) is 5.60 Å². The number of rotatable bonds is 6. The molecular formula is C11H22N2O2. The predicted molar refractivity (Wildman–Crippen MR) is 59.6 cm³/mol. The van der Waals surface area contributed by atoms with Crippen LogP contribution >= 0.6 is 0 Å². The second-order valence-corrected chi connectivity index (χ2v) is 4.46. The van der Waals surface area contributed by atoms with Gasteiger partial charge in [-0.15, -0.1) is 0 Å². The van der Waals surface area contributed by atoms with Crippen LogP contribution in [0.25, 0.3) is 0 Å². The van der Waals surface area contributed by atoms with Crippen LogP contribution in [0, 0.1) is 0 Å². The molecule has 2 N–H and O–H groups in total. The summed E-state index contributed by atoms with van der Waals surface area (Å²) in [6, 6.07) is 0. The SMILES string of the molecule is CCCC1(O)CN(CCCC(=O)NC)C1. The van der Waals surface area contributed by atoms with E-state index in [-0.39, 0.29) is 5.91 Å². The molecule has 4 heteroatoms. The van der Waals surface area contributed by atoms with Crippen LogP contribution in [-0.2, 0) is 4.79 Å². The number of nitrogens with zero attached hydrogens (tertiary/aromatic N) is 1. The molecule has 15 heavy (non-hydrogen) atoms. The van der Waals surface area contributed by atoms with Gasteiger partial charge in [0.2, 0.25) is 5.91 Å². The van der Waals surface area contributed by atoms with Gasteiger partial charge in [-0.2, -0.15) is 0 Å². The van der Waals surface area contributed by atoms with Gasteiger partial charge in [0.1, 0.15) is 0 Å². The molecule has 0 saturated carbocycles. The van der Waals surface area contributed by atoms with E-state index < -0.39 is 5.60 Å². The van der Waals surface area contributed by atoms with Crippen LogP contribution in [-0.4, -0.2) is 48.2 Å². The van der Waals surface area contributed by atoms with Crippen molar-refractivity contribution in [1.29, 1.82) is 0 Å². The summed E-state index contributed by atoms with van der Waals surface area (Å²) in [5, 5.41) is 12.5. The van der Waals surface area contributed by atoms with Gasteiger partial charge in [-0.1, -0.05) is 13.3 Å². The van der Waals surface area contributed by atoms with Gasteiger partial charge in [0.15, 0.2) is 0 Å². The quantitative estimate of drug-likeness (QED) is 0.671. The van der Waals surface area contributed by atoms with Crippen molar-refractivity contribution in [3.05, 3.63) is 0 Å². The van der Waals surface area contributed by atoms with Gasteiger partial charge in [0, 0.05) is 26.6 Å². The van der Waals surface area contributed by atoms with Crippen molar-refractivity contribution in [3.63, 3.8) is 0 Å². The molecule has 1 rings (SSSR count). The fraction of sp³-hybridized carbons (Fsp3) is 0.909. The predicted octanol–water partition coefficient (Wildman–Crippen LogP) is 0.359. The molecule has 1 aliphatic heterocycles. The highest BCUT2D eigenvalue weighted by Gasteiger charge is 2.39. The topological polar surface area (TPSA) is 52.6 Å². The number of aliphatic hydroxyl groups is 1. The smallest absolute Gasteiger partial charge is 0.219 e. The van der Waals surface area contributed by atoms with E-state index in [1.54, 1.807) is 7.05 Å². The van der Waals surface area contributed by atoms with E-state index in [0.29, 0.717) is 6.42 Å². The zero-order valence-electron chi connectivity index (χ0n) is 9.75. The van der Waals surface area contributed by atoms with Crippen molar-refractivity contribution >= 4 is 5.91 Å². The average molecular weight is 214 g/mol. The molecule has 1 saturated heterocycles. The van der Waals surface area contributed by atoms with Crippen molar-refractivity contribution < 1.29 is 9.90 Å². The van der Waals surface area contributed by atoms with E-state index in [1.807, 2.05) is 0 Å². The van der Waals surface area contributed by atoms with Gasteiger partial charge < -0.3 is 10.4 Å². The number of carbonyl (C=O) groups is 1. The standard InChI is InChI=1S/C11H22N2O2/c1-3-6-11(15)8-13(9-11)7-4-5-10(14)12-2/h15H,3-9H2,1-2H3,(H,12,14). The summed E-state index contributed by atoms with van der Waals surface area (Å²) in [6.45, 7) is 4.55. The third-order valence-electron chi connectivity index (χ3n) is 2.91. The molecule has 0 aliphatic carbocycles. The van der Waals surface area contributed by atoms with Crippen LogP contribution in [0.2, 0.25) is 0 Å². The molecule has 1 heterocycles. The number of carbonyl (C=O) groups excluding carboxylic acids is 1. The fourth-order valence-electron chi connectivity index (χ4n) is 2.16. The third-order valence-corrected chi connectivity index (χ3v) is 2.91. The van der Waals surface area contributed by atoms with E-state index in [2.05, 4.69) is 17.1 Å². The summed E-state index contributed by atoms with van der Waals surface area (Å²) in [5.74, 6) is 0.0966. The van der Waals surface area contributed by atoms with E-state index in [9.17, 15) is 9.90 Å². The van der Waals surface area contributed by atoms with Gasteiger partial charge in [-0.3, -0.25) is 9.69 Å². The molecule has 0 aromatic rings. The molecule has 0 unspecified atom stereocenters. The number of hydrogen-bond donors (Lipinski definition) is 2. The normalized spacial score (nSPS) is 19.7. The maximum absolute atomic E-state index is 11.0. The van der Waals surface area contributed by atoms with Crippen molar-refractivity contribution in [2.75, 3.05) is 26.7 Å². The van der Waals surface area contributed by atoms with Gasteiger partial charge in [-0.05, 0) is 19.4 Å². The second kappa shape index (κ2) is 5.47. The van der Waals surface area contributed by atoms with Gasteiger partial charge in [-0.25, -0.2) is 0 Å². The lowest BCUT2D eigenvalue weighted by Gasteiger charge is -2.46. The molecule has 0 spiro atoms. The molecule has 1 aliphatic rings. The van der Waals surface area contributed by atoms with E-state index in [0.717, 1.165) is 38.9 Å². The summed E-state index contributed by atoms with van der Waals surface area (Å²) >= 11 is 0. The number of β-amino-alcohol motifs (C(OH)–C–C–N with tert-alkyl or cyclic N) is 1. The Bertz CT molecular complexity index is 213. The summed E-state index contributed by atoms with van der Waals surface area (Å²) in [5.41, 5.74) is -0.443. The van der Waals surface area contributed by atoms with Crippen LogP contribution in [0.3, 0.4) is 0 Å². The van der Waals surface area contributed by atoms with Gasteiger partial charge >= 0.3 is 0 Å². The molecule has 1 fully saturated rings. The number of amides is 1. The van der Waals surface area contributed by atoms with Crippen LogP contribution in [0.15, 0.2) is 0 Å². The second-order valence-electron chi connectivity index (χ2n) is 4.46. The third kappa shape index (κ3) is 3.80. The number of nitrogens with one attached hydrogen (secondary N) is 1. The highest BCUT2D eigenvalue weighted by atomic mass is 16.3. The minimum atomic E-state index is -0.443. The monoisotopic (exact) mass is 214 g/mol. The Kier molecular flexibility index (Phi) is 4.54. The molecule has 0 bridgehead atoms. The first-order valence-corrected chi connectivity index (χ1v) is 5.75. The molecule has 1 amide bonds. The first-order chi connectivity index (χ1) is 7.09. The number of hydrogen-bond acceptors (Lipinski definition) is 3. The van der Waals surface area contributed by atoms with Crippen molar-refractivity contribution in [1.82, 2.24) is 10.2 Å². The summed E-state index contributed by atoms with van der Waals surface area (Å²) in [6.07, 6.45) is 3.38. The number of likely N-dealkylation sites (tertiary alicyclic amines) is 1. The van der Waals surface area contributed by atoms with Crippen LogP contribution in [0.5, 0.6) is 0 Å². The zero-order valence-corrected chi connectivity index (χ0v) is 9.75. The Morgan fingerprint density at radius 2 is 2.20 bits per heavy atom. The maximum atomic E-state index is 11.0. The largest absolute Gasteiger partial charge is 0.387 e. The van der Waals surface area contributed by atoms with Crippen molar-refractivity contribution in [2.24, 2.45) is 0 Å². The van der Waals surface area contributed by atoms with Gasteiger partial charge in [0.25, 0.3) is 0 Å². The molecule has 0 atom stereocenters. The molecule has 0 radical (unpaired) electrons. The lowest BCUT2D eigenvalue weighted by molar-refractivity contribution is -0.121. The van der Waals surface area contributed by atoms with Crippen molar-refractivity contribution in [3.8, 4) is 0 Å². The zero-order chi connectivity index (χ0) is 11.3. The summed E-state index contributed by atoms with van der Waals surface area (Å²) in [7, 11) is 1.66. The Hall–Kier alpha value is -0.610. The first kappa shape index (κ1) is 12.5. The lowest BCUT2D eigenvalue weighted by atomic mass is 9.89. The highest BCUT2D eigenvalue weighted by Crippen LogP contribution is 2.25. The molecule has 0 aromatic heterocycles. The minimum absolute atomic E-state index is 0.0966. The molecular weight excluding hydrogens is 192 g/mol. The van der Waals surface area contributed by atoms with Crippen LogP contribution < -0.4 is 5.32 Å². The summed E-state index contributed by atoms with van der Waals surface area (Å²) < 4.78 is 0. The maximum Gasteiger partial charge on any atom is 0.219 e. The fourth-order valence-corrected chi connectivity index (χ4v) is 2.16. The summed E-state index contributed by atoms with van der Waals surface area (Å²) in [4.78, 5) is 13.2. The lowest BCUT2D eigenvalue weighted by Crippen LogP contribution is -2.61. The van der Waals surface area contributed by atoms with E-state index >= 15 is 0 Å². The van der Waals surface area contributed by atoms with Crippen molar-refractivity contribution in [2.45, 2.75) is 38.2 Å². The average Bonchev–Trinajstić information content (AvgIpc) is 2.15.